The van der Waals surface area contributed by atoms with E-state index < -0.39 is 4.92 Å². The summed E-state index contributed by atoms with van der Waals surface area (Å²) in [7, 11) is 0. The van der Waals surface area contributed by atoms with Gasteiger partial charge in [-0.3, -0.25) is 19.8 Å². The smallest absolute Gasteiger partial charge is 0.269 e. The van der Waals surface area contributed by atoms with Crippen molar-refractivity contribution < 1.29 is 14.5 Å². The SMILES string of the molecule is O=C(CCN1CCOCC1)N1N=C(c2ccccc2)C[C@H]1c1ccc([N+](=O)[O-])cc1. The van der Waals surface area contributed by atoms with Crippen LogP contribution in [-0.2, 0) is 9.53 Å². The van der Waals surface area contributed by atoms with E-state index in [9.17, 15) is 14.9 Å². The molecule has 8 heteroatoms. The molecule has 0 saturated carbocycles. The Kier molecular flexibility index (Phi) is 6.15. The fraction of sp³-hybridized carbons (Fsp3) is 0.364. The first-order chi connectivity index (χ1) is 14.6. The number of hydrazone groups is 1. The molecule has 8 nitrogen and oxygen atoms in total. The molecule has 4 rings (SSSR count). The average molecular weight is 408 g/mol. The average Bonchev–Trinajstić information content (AvgIpc) is 3.24. The lowest BCUT2D eigenvalue weighted by Crippen LogP contribution is -2.39. The topological polar surface area (TPSA) is 88.3 Å². The van der Waals surface area contributed by atoms with Crippen molar-refractivity contribution in [3.63, 3.8) is 0 Å². The maximum absolute atomic E-state index is 13.1. The molecule has 2 aliphatic rings. The van der Waals surface area contributed by atoms with Gasteiger partial charge < -0.3 is 4.74 Å². The van der Waals surface area contributed by atoms with Gasteiger partial charge in [-0.2, -0.15) is 5.10 Å². The van der Waals surface area contributed by atoms with Crippen molar-refractivity contribution in [2.24, 2.45) is 5.10 Å². The number of nitro benzene ring substituents is 1. The van der Waals surface area contributed by atoms with Crippen molar-refractivity contribution in [3.05, 3.63) is 75.8 Å². The maximum Gasteiger partial charge on any atom is 0.269 e. The maximum atomic E-state index is 13.1. The molecule has 0 unspecified atom stereocenters. The van der Waals surface area contributed by atoms with Crippen LogP contribution in [-0.4, -0.2) is 59.3 Å². The number of nitro groups is 1. The Bertz CT molecular complexity index is 924. The number of non-ortho nitro benzene ring substituents is 1. The van der Waals surface area contributed by atoms with Gasteiger partial charge in [0, 0.05) is 44.6 Å². The fourth-order valence-electron chi connectivity index (χ4n) is 3.82. The van der Waals surface area contributed by atoms with Crippen LogP contribution in [0.4, 0.5) is 5.69 Å². The normalized spacial score (nSPS) is 19.5. The Morgan fingerprint density at radius 2 is 1.80 bits per heavy atom. The highest BCUT2D eigenvalue weighted by Gasteiger charge is 2.33. The molecule has 2 aromatic carbocycles. The zero-order valence-corrected chi connectivity index (χ0v) is 16.6. The third kappa shape index (κ3) is 4.55. The highest BCUT2D eigenvalue weighted by Crippen LogP contribution is 2.34. The number of morpholine rings is 1. The van der Waals surface area contributed by atoms with Crippen molar-refractivity contribution >= 4 is 17.3 Å². The van der Waals surface area contributed by atoms with Crippen molar-refractivity contribution in [2.45, 2.75) is 18.9 Å². The first-order valence-electron chi connectivity index (χ1n) is 10.1. The molecule has 0 spiro atoms. The number of nitrogens with zero attached hydrogens (tertiary/aromatic N) is 4. The molecule has 2 heterocycles. The first kappa shape index (κ1) is 20.2. The second-order valence-electron chi connectivity index (χ2n) is 7.42. The van der Waals surface area contributed by atoms with Crippen molar-refractivity contribution in [1.29, 1.82) is 0 Å². The standard InChI is InChI=1S/C22H24N4O4/c27-22(10-11-24-12-14-30-15-13-24)25-21(18-6-8-19(9-7-18)26(28)29)16-20(23-25)17-4-2-1-3-5-17/h1-9,21H,10-16H2/t21-/m0/s1. The molecular weight excluding hydrogens is 384 g/mol. The zero-order chi connectivity index (χ0) is 20.9. The molecule has 0 aliphatic carbocycles. The van der Waals surface area contributed by atoms with E-state index in [1.165, 1.54) is 12.1 Å². The summed E-state index contributed by atoms with van der Waals surface area (Å²) in [6.45, 7) is 3.72. The minimum absolute atomic E-state index is 0.0335. The van der Waals surface area contributed by atoms with Crippen molar-refractivity contribution in [1.82, 2.24) is 9.91 Å². The minimum atomic E-state index is -0.421. The van der Waals surface area contributed by atoms with Crippen LogP contribution >= 0.6 is 0 Å². The second kappa shape index (κ2) is 9.15. The lowest BCUT2D eigenvalue weighted by Gasteiger charge is -2.27. The first-order valence-corrected chi connectivity index (χ1v) is 10.1. The Balaban J connectivity index is 1.54. The number of benzene rings is 2. The molecule has 1 amide bonds. The van der Waals surface area contributed by atoms with Crippen LogP contribution < -0.4 is 0 Å². The number of rotatable bonds is 6. The summed E-state index contributed by atoms with van der Waals surface area (Å²) in [5.74, 6) is -0.0456. The molecule has 2 aromatic rings. The largest absolute Gasteiger partial charge is 0.379 e. The molecule has 1 saturated heterocycles. The molecule has 156 valence electrons. The van der Waals surface area contributed by atoms with Gasteiger partial charge in [-0.15, -0.1) is 0 Å². The van der Waals surface area contributed by atoms with Crippen LogP contribution in [0.5, 0.6) is 0 Å². The zero-order valence-electron chi connectivity index (χ0n) is 16.6. The number of hydrogen-bond acceptors (Lipinski definition) is 6. The summed E-state index contributed by atoms with van der Waals surface area (Å²) in [5, 5.41) is 17.2. The fourth-order valence-corrected chi connectivity index (χ4v) is 3.82. The quantitative estimate of drug-likeness (QED) is 0.542. The molecular formula is C22H24N4O4. The summed E-state index contributed by atoms with van der Waals surface area (Å²) in [5.41, 5.74) is 2.70. The molecule has 0 N–H and O–H groups in total. The van der Waals surface area contributed by atoms with Gasteiger partial charge in [-0.1, -0.05) is 42.5 Å². The van der Waals surface area contributed by atoms with E-state index >= 15 is 0 Å². The summed E-state index contributed by atoms with van der Waals surface area (Å²) >= 11 is 0. The van der Waals surface area contributed by atoms with Crippen LogP contribution in [0.1, 0.15) is 30.0 Å². The van der Waals surface area contributed by atoms with Gasteiger partial charge in [-0.05, 0) is 11.1 Å². The molecule has 0 bridgehead atoms. The van der Waals surface area contributed by atoms with Gasteiger partial charge in [0.1, 0.15) is 0 Å². The summed E-state index contributed by atoms with van der Waals surface area (Å²) in [6, 6.07) is 15.9. The highest BCUT2D eigenvalue weighted by atomic mass is 16.6. The van der Waals surface area contributed by atoms with E-state index in [1.807, 2.05) is 30.3 Å². The molecule has 30 heavy (non-hydrogen) atoms. The van der Waals surface area contributed by atoms with Gasteiger partial charge in [0.25, 0.3) is 5.69 Å². The van der Waals surface area contributed by atoms with E-state index in [0.29, 0.717) is 32.6 Å². The van der Waals surface area contributed by atoms with Crippen LogP contribution in [0.25, 0.3) is 0 Å². The Morgan fingerprint density at radius 1 is 1.10 bits per heavy atom. The van der Waals surface area contributed by atoms with Crippen LogP contribution in [0.15, 0.2) is 59.7 Å². The van der Waals surface area contributed by atoms with E-state index in [2.05, 4.69) is 10.0 Å². The van der Waals surface area contributed by atoms with E-state index in [4.69, 9.17) is 4.74 Å². The Hall–Kier alpha value is -3.10. The van der Waals surface area contributed by atoms with Crippen molar-refractivity contribution in [3.8, 4) is 0 Å². The number of ether oxygens (including phenoxy) is 1. The predicted octanol–water partition coefficient (Wildman–Crippen LogP) is 2.99. The number of amides is 1. The van der Waals surface area contributed by atoms with Gasteiger partial charge in [0.2, 0.25) is 5.91 Å². The number of hydrogen-bond donors (Lipinski definition) is 0. The van der Waals surface area contributed by atoms with Crippen LogP contribution in [0.3, 0.4) is 0 Å². The third-order valence-corrected chi connectivity index (χ3v) is 5.51. The number of carbonyl (C=O) groups is 1. The summed E-state index contributed by atoms with van der Waals surface area (Å²) < 4.78 is 5.36. The molecule has 1 atom stereocenters. The van der Waals surface area contributed by atoms with Gasteiger partial charge in [-0.25, -0.2) is 5.01 Å². The lowest BCUT2D eigenvalue weighted by atomic mass is 9.98. The summed E-state index contributed by atoms with van der Waals surface area (Å²) in [4.78, 5) is 25.9. The van der Waals surface area contributed by atoms with Crippen molar-refractivity contribution in [2.75, 3.05) is 32.8 Å². The number of carbonyl (C=O) groups excluding carboxylic acids is 1. The van der Waals surface area contributed by atoms with Crippen LogP contribution in [0.2, 0.25) is 0 Å². The Labute approximate surface area is 174 Å². The van der Waals surface area contributed by atoms with E-state index in [0.717, 1.165) is 29.9 Å². The Morgan fingerprint density at radius 3 is 2.47 bits per heavy atom. The lowest BCUT2D eigenvalue weighted by molar-refractivity contribution is -0.384. The third-order valence-electron chi connectivity index (χ3n) is 5.51. The molecule has 0 aromatic heterocycles. The highest BCUT2D eigenvalue weighted by molar-refractivity contribution is 6.03. The summed E-state index contributed by atoms with van der Waals surface area (Å²) in [6.07, 6.45) is 0.945. The minimum Gasteiger partial charge on any atom is -0.379 e. The van der Waals surface area contributed by atoms with Gasteiger partial charge >= 0.3 is 0 Å². The predicted molar refractivity (Wildman–Crippen MR) is 112 cm³/mol. The second-order valence-corrected chi connectivity index (χ2v) is 7.42. The van der Waals surface area contributed by atoms with Gasteiger partial charge in [0.05, 0.1) is 29.9 Å². The van der Waals surface area contributed by atoms with E-state index in [-0.39, 0.29) is 17.6 Å². The molecule has 0 radical (unpaired) electrons. The molecule has 2 aliphatic heterocycles. The molecule has 1 fully saturated rings. The van der Waals surface area contributed by atoms with E-state index in [1.54, 1.807) is 17.1 Å². The van der Waals surface area contributed by atoms with Gasteiger partial charge in [0.15, 0.2) is 0 Å². The monoisotopic (exact) mass is 408 g/mol. The van der Waals surface area contributed by atoms with Crippen LogP contribution in [0, 0.1) is 10.1 Å².